The maximum absolute atomic E-state index is 12.0. The summed E-state index contributed by atoms with van der Waals surface area (Å²) in [6.45, 7) is 0.474. The SMILES string of the molecule is CN(C)C(CNC(=O)c1ccc(Cl)cc1)c1ccco1.Cl. The molecule has 1 N–H and O–H groups in total. The third-order valence-electron chi connectivity index (χ3n) is 3.06. The van der Waals surface area contributed by atoms with E-state index >= 15 is 0 Å². The number of nitrogens with one attached hydrogen (secondary N) is 1. The Labute approximate surface area is 135 Å². The molecule has 0 fully saturated rings. The highest BCUT2D eigenvalue weighted by Gasteiger charge is 2.18. The molecule has 21 heavy (non-hydrogen) atoms. The Bertz CT molecular complexity index is 554. The second-order valence-corrected chi connectivity index (χ2v) is 5.15. The number of likely N-dealkylation sites (N-methyl/N-ethyl adjacent to an activating group) is 1. The predicted molar refractivity (Wildman–Crippen MR) is 86.2 cm³/mol. The van der Waals surface area contributed by atoms with Crippen LogP contribution in [0.3, 0.4) is 0 Å². The molecule has 1 aromatic carbocycles. The van der Waals surface area contributed by atoms with Gasteiger partial charge in [-0.25, -0.2) is 0 Å². The zero-order chi connectivity index (χ0) is 14.5. The van der Waals surface area contributed by atoms with Crippen molar-refractivity contribution in [2.24, 2.45) is 0 Å². The average Bonchev–Trinajstić information content (AvgIpc) is 2.93. The van der Waals surface area contributed by atoms with Crippen LogP contribution in [-0.2, 0) is 0 Å². The fourth-order valence-corrected chi connectivity index (χ4v) is 2.04. The van der Waals surface area contributed by atoms with E-state index in [4.69, 9.17) is 16.0 Å². The number of carbonyl (C=O) groups is 1. The molecule has 0 bridgehead atoms. The minimum Gasteiger partial charge on any atom is -0.468 e. The molecular formula is C15H18Cl2N2O2. The third-order valence-corrected chi connectivity index (χ3v) is 3.31. The van der Waals surface area contributed by atoms with Gasteiger partial charge in [0.25, 0.3) is 5.91 Å². The second-order valence-electron chi connectivity index (χ2n) is 4.71. The number of benzene rings is 1. The highest BCUT2D eigenvalue weighted by molar-refractivity contribution is 6.30. The van der Waals surface area contributed by atoms with Gasteiger partial charge in [0.1, 0.15) is 5.76 Å². The lowest BCUT2D eigenvalue weighted by Crippen LogP contribution is -2.34. The number of furan rings is 1. The van der Waals surface area contributed by atoms with Crippen LogP contribution in [-0.4, -0.2) is 31.4 Å². The van der Waals surface area contributed by atoms with Crippen LogP contribution in [0.2, 0.25) is 5.02 Å². The molecule has 114 valence electrons. The van der Waals surface area contributed by atoms with Crippen molar-refractivity contribution in [2.45, 2.75) is 6.04 Å². The van der Waals surface area contributed by atoms with E-state index in [9.17, 15) is 4.79 Å². The van der Waals surface area contributed by atoms with E-state index in [0.717, 1.165) is 5.76 Å². The van der Waals surface area contributed by atoms with Gasteiger partial charge in [-0.05, 0) is 50.5 Å². The first kappa shape index (κ1) is 17.6. The topological polar surface area (TPSA) is 45.5 Å². The first-order valence-corrected chi connectivity index (χ1v) is 6.69. The van der Waals surface area contributed by atoms with Gasteiger partial charge in [0.15, 0.2) is 0 Å². The molecule has 0 radical (unpaired) electrons. The highest BCUT2D eigenvalue weighted by Crippen LogP contribution is 2.17. The molecule has 1 heterocycles. The number of rotatable bonds is 5. The maximum atomic E-state index is 12.0. The van der Waals surface area contributed by atoms with E-state index in [0.29, 0.717) is 17.1 Å². The standard InChI is InChI=1S/C15H17ClN2O2.ClH/c1-18(2)13(14-4-3-9-20-14)10-17-15(19)11-5-7-12(16)8-6-11;/h3-9,13H,10H2,1-2H3,(H,17,19);1H. The number of carbonyl (C=O) groups excluding carboxylic acids is 1. The molecule has 2 rings (SSSR count). The molecule has 0 aliphatic carbocycles. The number of halogens is 2. The van der Waals surface area contributed by atoms with Crippen LogP contribution in [0.4, 0.5) is 0 Å². The molecule has 1 unspecified atom stereocenters. The molecule has 2 aromatic rings. The Morgan fingerprint density at radius 3 is 2.48 bits per heavy atom. The van der Waals surface area contributed by atoms with Gasteiger partial charge >= 0.3 is 0 Å². The summed E-state index contributed by atoms with van der Waals surface area (Å²) in [5.74, 6) is 0.700. The van der Waals surface area contributed by atoms with Crippen LogP contribution in [0.15, 0.2) is 47.1 Å². The van der Waals surface area contributed by atoms with Crippen molar-refractivity contribution in [1.82, 2.24) is 10.2 Å². The Kier molecular flexibility index (Phi) is 6.75. The molecule has 1 amide bonds. The minimum absolute atomic E-state index is 0. The quantitative estimate of drug-likeness (QED) is 0.915. The number of hydrogen-bond acceptors (Lipinski definition) is 3. The van der Waals surface area contributed by atoms with Crippen molar-refractivity contribution in [2.75, 3.05) is 20.6 Å². The number of hydrogen-bond donors (Lipinski definition) is 1. The van der Waals surface area contributed by atoms with E-state index in [-0.39, 0.29) is 24.4 Å². The summed E-state index contributed by atoms with van der Waals surface area (Å²) < 4.78 is 5.40. The van der Waals surface area contributed by atoms with E-state index in [1.165, 1.54) is 0 Å². The van der Waals surface area contributed by atoms with Crippen molar-refractivity contribution in [1.29, 1.82) is 0 Å². The third kappa shape index (κ3) is 4.77. The molecule has 1 aromatic heterocycles. The molecule has 6 heteroatoms. The van der Waals surface area contributed by atoms with Gasteiger partial charge < -0.3 is 9.73 Å². The van der Waals surface area contributed by atoms with Crippen molar-refractivity contribution >= 4 is 29.9 Å². The first-order valence-electron chi connectivity index (χ1n) is 6.31. The summed E-state index contributed by atoms with van der Waals surface area (Å²) >= 11 is 5.80. The van der Waals surface area contributed by atoms with Gasteiger partial charge in [-0.2, -0.15) is 0 Å². The predicted octanol–water partition coefficient (Wildman–Crippen LogP) is 3.39. The maximum Gasteiger partial charge on any atom is 0.251 e. The van der Waals surface area contributed by atoms with Gasteiger partial charge in [0, 0.05) is 17.1 Å². The largest absolute Gasteiger partial charge is 0.468 e. The molecular weight excluding hydrogens is 311 g/mol. The summed E-state index contributed by atoms with van der Waals surface area (Å²) in [6.07, 6.45) is 1.63. The summed E-state index contributed by atoms with van der Waals surface area (Å²) in [6, 6.07) is 10.6. The molecule has 0 spiro atoms. The van der Waals surface area contributed by atoms with Gasteiger partial charge in [0.2, 0.25) is 0 Å². The normalized spacial score (nSPS) is 11.8. The monoisotopic (exact) mass is 328 g/mol. The lowest BCUT2D eigenvalue weighted by molar-refractivity contribution is 0.0939. The number of amides is 1. The van der Waals surface area contributed by atoms with Gasteiger partial charge in [-0.3, -0.25) is 9.69 Å². The Hall–Kier alpha value is -1.49. The lowest BCUT2D eigenvalue weighted by Gasteiger charge is -2.22. The molecule has 0 aliphatic rings. The van der Waals surface area contributed by atoms with Crippen LogP contribution in [0.1, 0.15) is 22.2 Å². The van der Waals surface area contributed by atoms with Crippen LogP contribution in [0, 0.1) is 0 Å². The van der Waals surface area contributed by atoms with Gasteiger partial charge in [-0.15, -0.1) is 12.4 Å². The summed E-state index contributed by atoms with van der Waals surface area (Å²) in [5.41, 5.74) is 0.589. The van der Waals surface area contributed by atoms with E-state index < -0.39 is 0 Å². The Morgan fingerprint density at radius 2 is 1.95 bits per heavy atom. The van der Waals surface area contributed by atoms with Crippen molar-refractivity contribution < 1.29 is 9.21 Å². The van der Waals surface area contributed by atoms with Gasteiger partial charge in [-0.1, -0.05) is 11.6 Å². The second kappa shape index (κ2) is 8.08. The van der Waals surface area contributed by atoms with Crippen molar-refractivity contribution in [3.8, 4) is 0 Å². The van der Waals surface area contributed by atoms with Crippen molar-refractivity contribution in [3.05, 3.63) is 59.0 Å². The highest BCUT2D eigenvalue weighted by atomic mass is 35.5. The van der Waals surface area contributed by atoms with Crippen LogP contribution < -0.4 is 5.32 Å². The fraction of sp³-hybridized carbons (Fsp3) is 0.267. The summed E-state index contributed by atoms with van der Waals surface area (Å²) in [4.78, 5) is 14.1. The smallest absolute Gasteiger partial charge is 0.251 e. The molecule has 0 saturated heterocycles. The average molecular weight is 329 g/mol. The fourth-order valence-electron chi connectivity index (χ4n) is 1.91. The van der Waals surface area contributed by atoms with Crippen LogP contribution in [0.5, 0.6) is 0 Å². The molecule has 1 atom stereocenters. The van der Waals surface area contributed by atoms with E-state index in [1.54, 1.807) is 30.5 Å². The number of nitrogens with zero attached hydrogens (tertiary/aromatic N) is 1. The molecule has 0 saturated carbocycles. The van der Waals surface area contributed by atoms with Crippen molar-refractivity contribution in [3.63, 3.8) is 0 Å². The minimum atomic E-state index is -0.125. The molecule has 4 nitrogen and oxygen atoms in total. The summed E-state index contributed by atoms with van der Waals surface area (Å²) in [7, 11) is 3.89. The van der Waals surface area contributed by atoms with E-state index in [1.807, 2.05) is 31.1 Å². The Morgan fingerprint density at radius 1 is 1.29 bits per heavy atom. The van der Waals surface area contributed by atoms with Crippen LogP contribution in [0.25, 0.3) is 0 Å². The van der Waals surface area contributed by atoms with Gasteiger partial charge in [0.05, 0.1) is 12.3 Å². The first-order chi connectivity index (χ1) is 9.58. The van der Waals surface area contributed by atoms with Crippen LogP contribution >= 0.6 is 24.0 Å². The zero-order valence-corrected chi connectivity index (χ0v) is 13.4. The van der Waals surface area contributed by atoms with E-state index in [2.05, 4.69) is 5.32 Å². The summed E-state index contributed by atoms with van der Waals surface area (Å²) in [5, 5.41) is 3.52. The zero-order valence-electron chi connectivity index (χ0n) is 11.9. The molecule has 0 aliphatic heterocycles. The Balaban J connectivity index is 0.00000220. The lowest BCUT2D eigenvalue weighted by atomic mass is 10.2.